The highest BCUT2D eigenvalue weighted by molar-refractivity contribution is 14.0. The lowest BCUT2D eigenvalue weighted by atomic mass is 10.1. The highest BCUT2D eigenvalue weighted by atomic mass is 127. The van der Waals surface area contributed by atoms with E-state index in [1.807, 2.05) is 55.4 Å². The van der Waals surface area contributed by atoms with Crippen molar-refractivity contribution < 1.29 is 4.74 Å². The van der Waals surface area contributed by atoms with E-state index < -0.39 is 0 Å². The summed E-state index contributed by atoms with van der Waals surface area (Å²) >= 11 is 0. The van der Waals surface area contributed by atoms with E-state index >= 15 is 0 Å². The summed E-state index contributed by atoms with van der Waals surface area (Å²) in [6, 6.07) is 18.3. The molecule has 0 saturated heterocycles. The minimum Gasteiger partial charge on any atom is -0.496 e. The first-order valence-electron chi connectivity index (χ1n) is 9.82. The topological polar surface area (TPSA) is 61.8 Å². The first-order valence-corrected chi connectivity index (χ1v) is 9.82. The number of benzene rings is 2. The average molecular weight is 519 g/mol. The van der Waals surface area contributed by atoms with E-state index in [4.69, 9.17) is 14.7 Å². The second-order valence-electron chi connectivity index (χ2n) is 6.91. The maximum atomic E-state index is 5.44. The number of fused-ring (bicyclic) bond motifs is 1. The summed E-state index contributed by atoms with van der Waals surface area (Å²) in [6.07, 6.45) is 0. The van der Waals surface area contributed by atoms with E-state index in [1.165, 1.54) is 0 Å². The number of para-hydroxylation sites is 2. The molecule has 0 saturated carbocycles. The average Bonchev–Trinajstić information content (AvgIpc) is 2.75. The van der Waals surface area contributed by atoms with Gasteiger partial charge in [-0.05, 0) is 30.7 Å². The third-order valence-electron chi connectivity index (χ3n) is 4.64. The number of methoxy groups -OCH3 is 1. The van der Waals surface area contributed by atoms with Crippen molar-refractivity contribution >= 4 is 46.7 Å². The van der Waals surface area contributed by atoms with Crippen LogP contribution in [0.2, 0.25) is 0 Å². The van der Waals surface area contributed by atoms with E-state index in [1.54, 1.807) is 7.11 Å². The third-order valence-corrected chi connectivity index (χ3v) is 4.64. The molecule has 0 radical (unpaired) electrons. The molecular weight excluding hydrogens is 489 g/mol. The molecule has 30 heavy (non-hydrogen) atoms. The van der Waals surface area contributed by atoms with Gasteiger partial charge >= 0.3 is 0 Å². The number of pyridine rings is 1. The fourth-order valence-corrected chi connectivity index (χ4v) is 3.13. The lowest BCUT2D eigenvalue weighted by molar-refractivity contribution is 0.409. The minimum atomic E-state index is 0. The molecule has 0 aliphatic heterocycles. The number of hydrogen-bond donors (Lipinski definition) is 2. The quantitative estimate of drug-likeness (QED) is 0.279. The summed E-state index contributed by atoms with van der Waals surface area (Å²) in [5.74, 6) is 2.57. The minimum absolute atomic E-state index is 0. The molecule has 0 fully saturated rings. The van der Waals surface area contributed by atoms with Gasteiger partial charge in [-0.2, -0.15) is 0 Å². The molecule has 0 aliphatic carbocycles. The fraction of sp³-hybridized carbons (Fsp3) is 0.304. The van der Waals surface area contributed by atoms with Crippen molar-refractivity contribution in [1.82, 2.24) is 15.6 Å². The maximum Gasteiger partial charge on any atom is 0.191 e. The van der Waals surface area contributed by atoms with Gasteiger partial charge in [-0.3, -0.25) is 0 Å². The van der Waals surface area contributed by atoms with E-state index in [2.05, 4.69) is 35.8 Å². The van der Waals surface area contributed by atoms with Crippen LogP contribution in [0.15, 0.2) is 59.6 Å². The zero-order valence-corrected chi connectivity index (χ0v) is 20.3. The number of aromatic nitrogens is 1. The number of hydrogen-bond acceptors (Lipinski definition) is 4. The smallest absolute Gasteiger partial charge is 0.191 e. The Morgan fingerprint density at radius 2 is 1.77 bits per heavy atom. The number of nitrogens with zero attached hydrogens (tertiary/aromatic N) is 3. The van der Waals surface area contributed by atoms with Gasteiger partial charge in [-0.25, -0.2) is 9.98 Å². The van der Waals surface area contributed by atoms with Gasteiger partial charge in [0.2, 0.25) is 0 Å². The number of halogens is 1. The largest absolute Gasteiger partial charge is 0.496 e. The predicted octanol–water partition coefficient (Wildman–Crippen LogP) is 4.18. The summed E-state index contributed by atoms with van der Waals surface area (Å²) < 4.78 is 5.44. The Kier molecular flexibility index (Phi) is 9.16. The Morgan fingerprint density at radius 1 is 1.03 bits per heavy atom. The van der Waals surface area contributed by atoms with Gasteiger partial charge in [0.25, 0.3) is 0 Å². The summed E-state index contributed by atoms with van der Waals surface area (Å²) in [5.41, 5.74) is 3.22. The predicted molar refractivity (Wildman–Crippen MR) is 136 cm³/mol. The summed E-state index contributed by atoms with van der Waals surface area (Å²) in [5, 5.41) is 7.85. The van der Waals surface area contributed by atoms with Crippen molar-refractivity contribution in [3.63, 3.8) is 0 Å². The highest BCUT2D eigenvalue weighted by Gasteiger charge is 2.08. The Hall–Kier alpha value is -2.55. The van der Waals surface area contributed by atoms with Crippen LogP contribution in [-0.2, 0) is 13.1 Å². The Labute approximate surface area is 195 Å². The van der Waals surface area contributed by atoms with Crippen LogP contribution in [0.25, 0.3) is 10.9 Å². The molecule has 0 bridgehead atoms. The molecule has 0 atom stereocenters. The number of rotatable bonds is 7. The molecule has 2 N–H and O–H groups in total. The summed E-state index contributed by atoms with van der Waals surface area (Å²) in [6.45, 7) is 4.05. The molecule has 2 aromatic carbocycles. The Balaban J connectivity index is 0.00000320. The van der Waals surface area contributed by atoms with Gasteiger partial charge in [-0.1, -0.05) is 36.4 Å². The van der Waals surface area contributed by atoms with E-state index in [0.717, 1.165) is 46.1 Å². The van der Waals surface area contributed by atoms with Gasteiger partial charge < -0.3 is 20.3 Å². The van der Waals surface area contributed by atoms with Gasteiger partial charge in [0.15, 0.2) is 5.96 Å². The van der Waals surface area contributed by atoms with Crippen molar-refractivity contribution in [1.29, 1.82) is 0 Å². The molecule has 3 rings (SSSR count). The van der Waals surface area contributed by atoms with Crippen LogP contribution in [0, 0.1) is 0 Å². The lowest BCUT2D eigenvalue weighted by Gasteiger charge is -2.16. The van der Waals surface area contributed by atoms with Gasteiger partial charge in [0.1, 0.15) is 11.6 Å². The molecular formula is C23H30IN5O. The first-order chi connectivity index (χ1) is 14.1. The van der Waals surface area contributed by atoms with Crippen molar-refractivity contribution in [2.24, 2.45) is 4.99 Å². The number of nitrogens with one attached hydrogen (secondary N) is 2. The number of guanidine groups is 1. The zero-order chi connectivity index (χ0) is 20.6. The molecule has 7 heteroatoms. The summed E-state index contributed by atoms with van der Waals surface area (Å²) in [7, 11) is 5.70. The maximum absolute atomic E-state index is 5.44. The Morgan fingerprint density at radius 3 is 2.50 bits per heavy atom. The summed E-state index contributed by atoms with van der Waals surface area (Å²) in [4.78, 5) is 11.6. The van der Waals surface area contributed by atoms with E-state index in [0.29, 0.717) is 13.1 Å². The number of aliphatic imine (C=N–C) groups is 1. The molecule has 160 valence electrons. The SMILES string of the molecule is CCNC(=NCc1cc(N(C)C)nc2ccccc12)NCc1ccccc1OC.I. The second-order valence-corrected chi connectivity index (χ2v) is 6.91. The number of ether oxygens (including phenoxy) is 1. The fourth-order valence-electron chi connectivity index (χ4n) is 3.13. The van der Waals surface area contributed by atoms with Crippen molar-refractivity contribution in [2.75, 3.05) is 32.6 Å². The van der Waals surface area contributed by atoms with Crippen LogP contribution in [0.4, 0.5) is 5.82 Å². The van der Waals surface area contributed by atoms with Crippen LogP contribution in [0.5, 0.6) is 5.75 Å². The normalized spacial score (nSPS) is 11.0. The standard InChI is InChI=1S/C23H29N5O.HI/c1-5-24-23(25-15-17-10-6-9-13-21(17)29-4)26-16-18-14-22(28(2)3)27-20-12-8-7-11-19(18)20;/h6-14H,5,15-16H2,1-4H3,(H2,24,25,26);1H. The van der Waals surface area contributed by atoms with Crippen molar-refractivity contribution in [3.8, 4) is 5.75 Å². The monoisotopic (exact) mass is 519 g/mol. The van der Waals surface area contributed by atoms with Crippen LogP contribution >= 0.6 is 24.0 Å². The van der Waals surface area contributed by atoms with Crippen molar-refractivity contribution in [3.05, 3.63) is 65.7 Å². The molecule has 0 amide bonds. The molecule has 1 heterocycles. The molecule has 3 aromatic rings. The second kappa shape index (κ2) is 11.6. The van der Waals surface area contributed by atoms with E-state index in [9.17, 15) is 0 Å². The number of anilines is 1. The Bertz CT molecular complexity index is 990. The van der Waals surface area contributed by atoms with Gasteiger partial charge in [0.05, 0.1) is 19.2 Å². The molecule has 0 spiro atoms. The molecule has 1 aromatic heterocycles. The third kappa shape index (κ3) is 5.98. The molecule has 0 aliphatic rings. The first kappa shape index (κ1) is 23.7. The van der Waals surface area contributed by atoms with Crippen LogP contribution < -0.4 is 20.3 Å². The van der Waals surface area contributed by atoms with Gasteiger partial charge in [-0.15, -0.1) is 24.0 Å². The van der Waals surface area contributed by atoms with Crippen LogP contribution in [0.3, 0.4) is 0 Å². The van der Waals surface area contributed by atoms with Crippen LogP contribution in [0.1, 0.15) is 18.1 Å². The molecule has 6 nitrogen and oxygen atoms in total. The highest BCUT2D eigenvalue weighted by Crippen LogP contribution is 2.23. The van der Waals surface area contributed by atoms with Crippen LogP contribution in [-0.4, -0.2) is 38.7 Å². The molecule has 0 unspecified atom stereocenters. The lowest BCUT2D eigenvalue weighted by Crippen LogP contribution is -2.36. The zero-order valence-electron chi connectivity index (χ0n) is 18.0. The van der Waals surface area contributed by atoms with Gasteiger partial charge in [0, 0.05) is 38.1 Å². The van der Waals surface area contributed by atoms with E-state index in [-0.39, 0.29) is 24.0 Å². The van der Waals surface area contributed by atoms with Crippen molar-refractivity contribution in [2.45, 2.75) is 20.0 Å².